The van der Waals surface area contributed by atoms with Crippen molar-refractivity contribution in [2.45, 2.75) is 32.0 Å². The van der Waals surface area contributed by atoms with Gasteiger partial charge in [0.15, 0.2) is 0 Å². The predicted molar refractivity (Wildman–Crippen MR) is 71.8 cm³/mol. The first-order chi connectivity index (χ1) is 9.91. The molecule has 116 valence electrons. The molecule has 1 fully saturated rings. The van der Waals surface area contributed by atoms with Gasteiger partial charge in [-0.25, -0.2) is 0 Å². The fourth-order valence-electron chi connectivity index (χ4n) is 2.46. The minimum absolute atomic E-state index is 0.0112. The van der Waals surface area contributed by atoms with E-state index in [1.54, 1.807) is 11.0 Å². The van der Waals surface area contributed by atoms with E-state index in [9.17, 15) is 18.0 Å². The monoisotopic (exact) mass is 301 g/mol. The number of carbonyl (C=O) groups excluding carboxylic acids is 1. The second kappa shape index (κ2) is 6.47. The molecule has 6 heteroatoms. The predicted octanol–water partition coefficient (Wildman–Crippen LogP) is 2.89. The van der Waals surface area contributed by atoms with Gasteiger partial charge >= 0.3 is 6.18 Å². The first-order valence-corrected chi connectivity index (χ1v) is 6.95. The van der Waals surface area contributed by atoms with Crippen LogP contribution in [0, 0.1) is 0 Å². The lowest BCUT2D eigenvalue weighted by molar-refractivity contribution is -0.140. The average Bonchev–Trinajstić information content (AvgIpc) is 2.46. The van der Waals surface area contributed by atoms with E-state index in [2.05, 4.69) is 0 Å². The molecule has 1 amide bonds. The molecule has 2 rings (SSSR count). The molecular weight excluding hydrogens is 283 g/mol. The van der Waals surface area contributed by atoms with Crippen LogP contribution in [0.5, 0.6) is 0 Å². The van der Waals surface area contributed by atoms with Crippen molar-refractivity contribution in [3.63, 3.8) is 0 Å². The number of hydrogen-bond donors (Lipinski definition) is 0. The summed E-state index contributed by atoms with van der Waals surface area (Å²) in [6, 6.07) is 4.95. The van der Waals surface area contributed by atoms with Gasteiger partial charge in [-0.05, 0) is 18.1 Å². The summed E-state index contributed by atoms with van der Waals surface area (Å²) < 4.78 is 43.3. The van der Waals surface area contributed by atoms with Crippen molar-refractivity contribution in [1.29, 1.82) is 0 Å². The number of amides is 1. The zero-order valence-corrected chi connectivity index (χ0v) is 11.8. The van der Waals surface area contributed by atoms with Crippen molar-refractivity contribution in [3.8, 4) is 0 Å². The summed E-state index contributed by atoms with van der Waals surface area (Å²) in [4.78, 5) is 14.0. The number of hydrogen-bond acceptors (Lipinski definition) is 2. The van der Waals surface area contributed by atoms with E-state index in [1.165, 1.54) is 6.07 Å². The molecule has 0 spiro atoms. The number of nitrogens with zero attached hydrogens (tertiary/aromatic N) is 1. The van der Waals surface area contributed by atoms with E-state index in [4.69, 9.17) is 4.74 Å². The molecule has 1 aliphatic heterocycles. The molecule has 1 aliphatic rings. The quantitative estimate of drug-likeness (QED) is 0.859. The van der Waals surface area contributed by atoms with Crippen molar-refractivity contribution in [2.24, 2.45) is 0 Å². The highest BCUT2D eigenvalue weighted by molar-refractivity contribution is 5.79. The third-order valence-corrected chi connectivity index (χ3v) is 3.63. The maximum Gasteiger partial charge on any atom is 0.416 e. The molecule has 3 nitrogen and oxygen atoms in total. The Hall–Kier alpha value is -1.56. The van der Waals surface area contributed by atoms with Crippen LogP contribution < -0.4 is 0 Å². The van der Waals surface area contributed by atoms with Crippen molar-refractivity contribution < 1.29 is 22.7 Å². The van der Waals surface area contributed by atoms with Crippen LogP contribution in [0.15, 0.2) is 24.3 Å². The Morgan fingerprint density at radius 3 is 2.86 bits per heavy atom. The Morgan fingerprint density at radius 2 is 2.19 bits per heavy atom. The zero-order valence-electron chi connectivity index (χ0n) is 11.8. The number of alkyl halides is 3. The summed E-state index contributed by atoms with van der Waals surface area (Å²) in [5, 5.41) is 0. The van der Waals surface area contributed by atoms with Gasteiger partial charge in [0.05, 0.1) is 31.2 Å². The van der Waals surface area contributed by atoms with Crippen LogP contribution in [0.2, 0.25) is 0 Å². The number of morpholine rings is 1. The lowest BCUT2D eigenvalue weighted by atomic mass is 10.1. The summed E-state index contributed by atoms with van der Waals surface area (Å²) in [6.07, 6.45) is -3.63. The first kappa shape index (κ1) is 15.8. The fraction of sp³-hybridized carbons (Fsp3) is 0.533. The second-order valence-electron chi connectivity index (χ2n) is 5.10. The highest BCUT2D eigenvalue weighted by Gasteiger charge is 2.31. The summed E-state index contributed by atoms with van der Waals surface area (Å²) in [7, 11) is 0. The Bertz CT molecular complexity index is 502. The van der Waals surface area contributed by atoms with E-state index in [1.807, 2.05) is 6.92 Å². The molecule has 0 unspecified atom stereocenters. The first-order valence-electron chi connectivity index (χ1n) is 6.95. The van der Waals surface area contributed by atoms with Gasteiger partial charge in [-0.2, -0.15) is 13.2 Å². The van der Waals surface area contributed by atoms with E-state index in [0.29, 0.717) is 25.3 Å². The van der Waals surface area contributed by atoms with E-state index >= 15 is 0 Å². The SMILES string of the molecule is CC[C@H]1COCCN1C(=O)Cc1cccc(C(F)(F)F)c1. The molecular formula is C15H18F3NO2. The van der Waals surface area contributed by atoms with E-state index in [-0.39, 0.29) is 18.4 Å². The number of carbonyl (C=O) groups is 1. The second-order valence-corrected chi connectivity index (χ2v) is 5.10. The number of halogens is 3. The van der Waals surface area contributed by atoms with Gasteiger partial charge in [0.25, 0.3) is 0 Å². The van der Waals surface area contributed by atoms with Crippen LogP contribution in [0.3, 0.4) is 0 Å². The van der Waals surface area contributed by atoms with Gasteiger partial charge in [-0.15, -0.1) is 0 Å². The van der Waals surface area contributed by atoms with Crippen LogP contribution >= 0.6 is 0 Å². The van der Waals surface area contributed by atoms with Crippen LogP contribution in [0.1, 0.15) is 24.5 Å². The fourth-order valence-corrected chi connectivity index (χ4v) is 2.46. The Labute approximate surface area is 121 Å². The number of benzene rings is 1. The summed E-state index contributed by atoms with van der Waals surface area (Å²) in [5.74, 6) is -0.149. The minimum atomic E-state index is -4.38. The Morgan fingerprint density at radius 1 is 1.43 bits per heavy atom. The van der Waals surface area contributed by atoms with Crippen molar-refractivity contribution in [3.05, 3.63) is 35.4 Å². The molecule has 0 radical (unpaired) electrons. The van der Waals surface area contributed by atoms with Gasteiger partial charge < -0.3 is 9.64 Å². The van der Waals surface area contributed by atoms with Crippen LogP contribution in [-0.2, 0) is 22.1 Å². The molecule has 1 atom stereocenters. The molecule has 0 saturated carbocycles. The van der Waals surface area contributed by atoms with E-state index in [0.717, 1.165) is 18.6 Å². The van der Waals surface area contributed by atoms with Crippen molar-refractivity contribution in [2.75, 3.05) is 19.8 Å². The Balaban J connectivity index is 2.08. The topological polar surface area (TPSA) is 29.5 Å². The standard InChI is InChI=1S/C15H18F3NO2/c1-2-13-10-21-7-6-19(13)14(20)9-11-4-3-5-12(8-11)15(16,17)18/h3-5,8,13H,2,6-7,9-10H2,1H3/t13-/m0/s1. The smallest absolute Gasteiger partial charge is 0.377 e. The molecule has 1 aromatic carbocycles. The molecule has 0 bridgehead atoms. The van der Waals surface area contributed by atoms with Crippen molar-refractivity contribution in [1.82, 2.24) is 4.90 Å². The highest BCUT2D eigenvalue weighted by atomic mass is 19.4. The third kappa shape index (κ3) is 3.97. The van der Waals surface area contributed by atoms with E-state index < -0.39 is 11.7 Å². The molecule has 1 saturated heterocycles. The molecule has 1 heterocycles. The van der Waals surface area contributed by atoms with Crippen LogP contribution in [-0.4, -0.2) is 36.6 Å². The lowest BCUT2D eigenvalue weighted by Gasteiger charge is -2.35. The van der Waals surface area contributed by atoms with Gasteiger partial charge in [0, 0.05) is 6.54 Å². The number of ether oxygens (including phenoxy) is 1. The zero-order chi connectivity index (χ0) is 15.5. The van der Waals surface area contributed by atoms with Gasteiger partial charge in [-0.3, -0.25) is 4.79 Å². The minimum Gasteiger partial charge on any atom is -0.377 e. The largest absolute Gasteiger partial charge is 0.416 e. The van der Waals surface area contributed by atoms with Crippen LogP contribution in [0.25, 0.3) is 0 Å². The lowest BCUT2D eigenvalue weighted by Crippen LogP contribution is -2.48. The van der Waals surface area contributed by atoms with Crippen molar-refractivity contribution >= 4 is 5.91 Å². The maximum atomic E-state index is 12.7. The summed E-state index contributed by atoms with van der Waals surface area (Å²) >= 11 is 0. The summed E-state index contributed by atoms with van der Waals surface area (Å²) in [5.41, 5.74) is -0.335. The van der Waals surface area contributed by atoms with Gasteiger partial charge in [0.1, 0.15) is 0 Å². The highest BCUT2D eigenvalue weighted by Crippen LogP contribution is 2.29. The van der Waals surface area contributed by atoms with Gasteiger partial charge in [-0.1, -0.05) is 25.1 Å². The summed E-state index contributed by atoms with van der Waals surface area (Å²) in [6.45, 7) is 3.43. The molecule has 0 aromatic heterocycles. The van der Waals surface area contributed by atoms with Gasteiger partial charge in [0.2, 0.25) is 5.91 Å². The molecule has 0 aliphatic carbocycles. The van der Waals surface area contributed by atoms with Crippen LogP contribution in [0.4, 0.5) is 13.2 Å². The maximum absolute atomic E-state index is 12.7. The molecule has 1 aromatic rings. The average molecular weight is 301 g/mol. The normalized spacial score (nSPS) is 19.6. The third-order valence-electron chi connectivity index (χ3n) is 3.63. The molecule has 0 N–H and O–H groups in total. The molecule has 21 heavy (non-hydrogen) atoms. The number of rotatable bonds is 3. The Kier molecular flexibility index (Phi) is 4.88.